The van der Waals surface area contributed by atoms with Crippen LogP contribution >= 0.6 is 11.8 Å². The molecule has 2 rings (SSSR count). The van der Waals surface area contributed by atoms with Crippen molar-refractivity contribution in [3.05, 3.63) is 11.4 Å². The summed E-state index contributed by atoms with van der Waals surface area (Å²) in [5, 5.41) is 0.918. The SMILES string of the molecule is COC(=O)CC1(CSc2nc(C)nc(N)c2C)CC1. The zero-order valence-electron chi connectivity index (χ0n) is 11.5. The van der Waals surface area contributed by atoms with E-state index >= 15 is 0 Å². The minimum atomic E-state index is -0.131. The summed E-state index contributed by atoms with van der Waals surface area (Å²) in [6.07, 6.45) is 2.65. The second-order valence-electron chi connectivity index (χ2n) is 5.13. The van der Waals surface area contributed by atoms with Gasteiger partial charge >= 0.3 is 5.97 Å². The number of hydrogen-bond donors (Lipinski definition) is 1. The van der Waals surface area contributed by atoms with Crippen LogP contribution in [-0.4, -0.2) is 28.8 Å². The summed E-state index contributed by atoms with van der Waals surface area (Å²) in [6, 6.07) is 0. The normalized spacial score (nSPS) is 16.2. The van der Waals surface area contributed by atoms with E-state index in [1.165, 1.54) is 7.11 Å². The lowest BCUT2D eigenvalue weighted by Crippen LogP contribution is -2.13. The van der Waals surface area contributed by atoms with Crippen molar-refractivity contribution in [2.45, 2.75) is 38.1 Å². The number of nitrogens with zero attached hydrogens (tertiary/aromatic N) is 2. The first-order chi connectivity index (χ1) is 8.96. The van der Waals surface area contributed by atoms with Crippen LogP contribution in [0.2, 0.25) is 0 Å². The molecule has 0 bridgehead atoms. The van der Waals surface area contributed by atoms with Gasteiger partial charge in [0.05, 0.1) is 13.5 Å². The van der Waals surface area contributed by atoms with E-state index < -0.39 is 0 Å². The second kappa shape index (κ2) is 5.36. The number of esters is 1. The van der Waals surface area contributed by atoms with Gasteiger partial charge in [0.15, 0.2) is 0 Å². The van der Waals surface area contributed by atoms with Crippen molar-refractivity contribution in [1.29, 1.82) is 0 Å². The number of rotatable bonds is 5. The van der Waals surface area contributed by atoms with E-state index in [9.17, 15) is 4.79 Å². The lowest BCUT2D eigenvalue weighted by Gasteiger charge is -2.14. The van der Waals surface area contributed by atoms with Crippen molar-refractivity contribution in [1.82, 2.24) is 9.97 Å². The Kier molecular flexibility index (Phi) is 3.99. The summed E-state index contributed by atoms with van der Waals surface area (Å²) in [5.74, 6) is 1.96. The van der Waals surface area contributed by atoms with Gasteiger partial charge in [-0.2, -0.15) is 0 Å². The van der Waals surface area contributed by atoms with E-state index in [2.05, 4.69) is 9.97 Å². The van der Waals surface area contributed by atoms with Gasteiger partial charge in [-0.1, -0.05) is 0 Å². The molecular weight excluding hydrogens is 262 g/mol. The second-order valence-corrected chi connectivity index (χ2v) is 6.09. The molecule has 1 fully saturated rings. The zero-order valence-corrected chi connectivity index (χ0v) is 12.3. The lowest BCUT2D eigenvalue weighted by molar-refractivity contribution is -0.141. The predicted molar refractivity (Wildman–Crippen MR) is 74.9 cm³/mol. The van der Waals surface area contributed by atoms with E-state index in [4.69, 9.17) is 10.5 Å². The first-order valence-corrected chi connectivity index (χ1v) is 7.25. The number of carbonyl (C=O) groups excluding carboxylic acids is 1. The van der Waals surface area contributed by atoms with Crippen molar-refractivity contribution in [2.75, 3.05) is 18.6 Å². The van der Waals surface area contributed by atoms with Gasteiger partial charge in [-0.3, -0.25) is 4.79 Å². The van der Waals surface area contributed by atoms with Crippen LogP contribution in [-0.2, 0) is 9.53 Å². The Labute approximate surface area is 117 Å². The largest absolute Gasteiger partial charge is 0.469 e. The Morgan fingerprint density at radius 3 is 2.68 bits per heavy atom. The van der Waals surface area contributed by atoms with Crippen LogP contribution in [0, 0.1) is 19.3 Å². The molecule has 1 heterocycles. The van der Waals surface area contributed by atoms with Crippen molar-refractivity contribution < 1.29 is 9.53 Å². The van der Waals surface area contributed by atoms with Gasteiger partial charge in [0, 0.05) is 11.3 Å². The summed E-state index contributed by atoms with van der Waals surface area (Å²) < 4.78 is 4.75. The monoisotopic (exact) mass is 281 g/mol. The molecule has 1 aromatic rings. The van der Waals surface area contributed by atoms with Gasteiger partial charge in [-0.15, -0.1) is 11.8 Å². The maximum atomic E-state index is 11.4. The average molecular weight is 281 g/mol. The van der Waals surface area contributed by atoms with Gasteiger partial charge in [0.2, 0.25) is 0 Å². The molecule has 6 heteroatoms. The van der Waals surface area contributed by atoms with Gasteiger partial charge in [0.1, 0.15) is 16.7 Å². The molecule has 0 amide bonds. The number of anilines is 1. The Bertz CT molecular complexity index is 501. The quantitative estimate of drug-likeness (QED) is 0.506. The van der Waals surface area contributed by atoms with Crippen LogP contribution in [0.3, 0.4) is 0 Å². The fourth-order valence-electron chi connectivity index (χ4n) is 1.91. The minimum absolute atomic E-state index is 0.0951. The van der Waals surface area contributed by atoms with Gasteiger partial charge in [-0.25, -0.2) is 9.97 Å². The van der Waals surface area contributed by atoms with Crippen LogP contribution in [0.4, 0.5) is 5.82 Å². The van der Waals surface area contributed by atoms with Crippen molar-refractivity contribution in [3.63, 3.8) is 0 Å². The van der Waals surface area contributed by atoms with Crippen molar-refractivity contribution in [3.8, 4) is 0 Å². The van der Waals surface area contributed by atoms with Crippen LogP contribution in [0.1, 0.15) is 30.7 Å². The topological polar surface area (TPSA) is 78.1 Å². The molecule has 1 aliphatic carbocycles. The lowest BCUT2D eigenvalue weighted by atomic mass is 10.1. The highest BCUT2D eigenvalue weighted by Crippen LogP contribution is 2.52. The predicted octanol–water partition coefficient (Wildman–Crippen LogP) is 2.11. The number of hydrogen-bond acceptors (Lipinski definition) is 6. The standard InChI is InChI=1S/C13H19N3O2S/c1-8-11(14)15-9(2)16-12(8)19-7-13(4-5-13)6-10(17)18-3/h4-7H2,1-3H3,(H2,14,15,16). The summed E-state index contributed by atoms with van der Waals surface area (Å²) in [4.78, 5) is 19.9. The highest BCUT2D eigenvalue weighted by Gasteiger charge is 2.44. The number of thioether (sulfide) groups is 1. The highest BCUT2D eigenvalue weighted by atomic mass is 32.2. The van der Waals surface area contributed by atoms with E-state index in [0.717, 1.165) is 29.2 Å². The maximum Gasteiger partial charge on any atom is 0.306 e. The average Bonchev–Trinajstić information content (AvgIpc) is 3.12. The number of carbonyl (C=O) groups is 1. The van der Waals surface area contributed by atoms with Crippen LogP contribution in [0.15, 0.2) is 5.03 Å². The van der Waals surface area contributed by atoms with E-state index in [1.54, 1.807) is 11.8 Å². The molecule has 0 spiro atoms. The third kappa shape index (κ3) is 3.37. The maximum absolute atomic E-state index is 11.4. The Hall–Kier alpha value is -1.30. The summed E-state index contributed by atoms with van der Waals surface area (Å²) in [5.41, 5.74) is 6.86. The Morgan fingerprint density at radius 2 is 2.11 bits per heavy atom. The highest BCUT2D eigenvalue weighted by molar-refractivity contribution is 7.99. The molecule has 0 radical (unpaired) electrons. The van der Waals surface area contributed by atoms with Crippen LogP contribution in [0.5, 0.6) is 0 Å². The first kappa shape index (κ1) is 14.1. The third-order valence-electron chi connectivity index (χ3n) is 3.47. The molecule has 0 atom stereocenters. The van der Waals surface area contributed by atoms with Crippen molar-refractivity contribution in [2.24, 2.45) is 5.41 Å². The molecule has 1 saturated carbocycles. The van der Waals surface area contributed by atoms with Gasteiger partial charge in [0.25, 0.3) is 0 Å². The molecule has 5 nitrogen and oxygen atoms in total. The first-order valence-electron chi connectivity index (χ1n) is 6.26. The number of aromatic nitrogens is 2. The number of ether oxygens (including phenoxy) is 1. The third-order valence-corrected chi connectivity index (χ3v) is 4.90. The van der Waals surface area contributed by atoms with Crippen molar-refractivity contribution >= 4 is 23.5 Å². The van der Waals surface area contributed by atoms with E-state index in [0.29, 0.717) is 18.1 Å². The van der Waals surface area contributed by atoms with Gasteiger partial charge < -0.3 is 10.5 Å². The van der Waals surface area contributed by atoms with E-state index in [-0.39, 0.29) is 11.4 Å². The molecule has 2 N–H and O–H groups in total. The fraction of sp³-hybridized carbons (Fsp3) is 0.615. The molecule has 0 saturated heterocycles. The minimum Gasteiger partial charge on any atom is -0.469 e. The molecule has 0 unspecified atom stereocenters. The summed E-state index contributed by atoms with van der Waals surface area (Å²) in [7, 11) is 1.43. The van der Waals surface area contributed by atoms with Crippen LogP contribution < -0.4 is 5.73 Å². The zero-order chi connectivity index (χ0) is 14.0. The fourth-order valence-corrected chi connectivity index (χ4v) is 3.26. The smallest absolute Gasteiger partial charge is 0.306 e. The molecule has 19 heavy (non-hydrogen) atoms. The Balaban J connectivity index is 2.01. The summed E-state index contributed by atoms with van der Waals surface area (Å²) in [6.45, 7) is 3.76. The molecule has 1 aliphatic rings. The number of aryl methyl sites for hydroxylation is 1. The molecule has 0 aromatic carbocycles. The van der Waals surface area contributed by atoms with Crippen LogP contribution in [0.25, 0.3) is 0 Å². The number of nitrogens with two attached hydrogens (primary N) is 1. The van der Waals surface area contributed by atoms with E-state index in [1.807, 2.05) is 13.8 Å². The Morgan fingerprint density at radius 1 is 1.42 bits per heavy atom. The summed E-state index contributed by atoms with van der Waals surface area (Å²) >= 11 is 1.66. The molecule has 104 valence electrons. The molecular formula is C13H19N3O2S. The molecule has 1 aromatic heterocycles. The number of methoxy groups -OCH3 is 1. The van der Waals surface area contributed by atoms with Gasteiger partial charge in [-0.05, 0) is 32.1 Å². The molecule has 0 aliphatic heterocycles. The number of nitrogen functional groups attached to an aromatic ring is 1.